The van der Waals surface area contributed by atoms with Gasteiger partial charge in [0, 0.05) is 0 Å². The number of aliphatic imine (C=N–C) groups is 2. The van der Waals surface area contributed by atoms with Crippen LogP contribution in [0.25, 0.3) is 0 Å². The highest BCUT2D eigenvalue weighted by Crippen LogP contribution is 2.39. The van der Waals surface area contributed by atoms with Gasteiger partial charge in [-0.05, 0) is 29.8 Å². The van der Waals surface area contributed by atoms with E-state index in [-0.39, 0.29) is 18.2 Å². The third-order valence-electron chi connectivity index (χ3n) is 4.37. The lowest BCUT2D eigenvalue weighted by Crippen LogP contribution is -2.66. The summed E-state index contributed by atoms with van der Waals surface area (Å²) < 4.78 is 24.4. The van der Waals surface area contributed by atoms with E-state index in [1.807, 2.05) is 24.0 Å². The Morgan fingerprint density at radius 3 is 2.48 bits per heavy atom. The van der Waals surface area contributed by atoms with E-state index in [4.69, 9.17) is 23.9 Å². The minimum absolute atomic E-state index is 0.170. The molecule has 0 radical (unpaired) electrons. The summed E-state index contributed by atoms with van der Waals surface area (Å²) in [5.74, 6) is 0.934. The van der Waals surface area contributed by atoms with Gasteiger partial charge in [-0.15, -0.1) is 0 Å². The molecule has 0 bridgehead atoms. The van der Waals surface area contributed by atoms with Gasteiger partial charge in [-0.2, -0.15) is 0 Å². The first kappa shape index (κ1) is 20.6. The lowest BCUT2D eigenvalue weighted by atomic mass is 9.85. The molecule has 0 aromatic carbocycles. The number of allylic oxidation sites excluding steroid dienone is 1. The van der Waals surface area contributed by atoms with Crippen LogP contribution >= 0.6 is 22.6 Å². The Kier molecular flexibility index (Phi) is 7.24. The molecule has 1 saturated heterocycles. The molecule has 2 aliphatic rings. The van der Waals surface area contributed by atoms with Crippen molar-refractivity contribution >= 4 is 34.4 Å². The second-order valence-corrected chi connectivity index (χ2v) is 7.15. The van der Waals surface area contributed by atoms with Gasteiger partial charge in [-0.1, -0.05) is 42.5 Å². The topological polar surface area (TPSA) is 81.9 Å². The summed E-state index contributed by atoms with van der Waals surface area (Å²) in [6, 6.07) is -0.271. The fourth-order valence-corrected chi connectivity index (χ4v) is 3.39. The first-order valence-electron chi connectivity index (χ1n) is 8.40. The molecule has 142 valence electrons. The smallest absolute Gasteiger partial charge is 0.220 e. The molecule has 0 aromatic rings. The molecule has 8 heteroatoms. The molecule has 3 atom stereocenters. The van der Waals surface area contributed by atoms with E-state index in [9.17, 15) is 5.11 Å². The summed E-state index contributed by atoms with van der Waals surface area (Å²) in [5.41, 5.74) is -1.27. The monoisotopic (exact) mass is 466 g/mol. The number of halogens is 1. The zero-order valence-electron chi connectivity index (χ0n) is 15.3. The van der Waals surface area contributed by atoms with Crippen LogP contribution in [-0.4, -0.2) is 61.4 Å². The minimum Gasteiger partial charge on any atom is -0.483 e. The van der Waals surface area contributed by atoms with Crippen molar-refractivity contribution in [3.63, 3.8) is 0 Å². The van der Waals surface area contributed by atoms with Crippen LogP contribution in [0.3, 0.4) is 0 Å². The van der Waals surface area contributed by atoms with Crippen molar-refractivity contribution in [1.82, 2.24) is 0 Å². The average molecular weight is 466 g/mol. The molecule has 25 heavy (non-hydrogen) atoms. The van der Waals surface area contributed by atoms with Gasteiger partial charge in [-0.3, -0.25) is 0 Å². The number of rotatable bonds is 6. The van der Waals surface area contributed by atoms with E-state index in [0.29, 0.717) is 24.6 Å². The van der Waals surface area contributed by atoms with E-state index in [1.165, 1.54) is 7.11 Å². The van der Waals surface area contributed by atoms with E-state index in [2.05, 4.69) is 27.6 Å². The van der Waals surface area contributed by atoms with Crippen LogP contribution in [0, 0.1) is 5.92 Å². The van der Waals surface area contributed by atoms with Gasteiger partial charge >= 0.3 is 0 Å². The maximum absolute atomic E-state index is 11.0. The summed E-state index contributed by atoms with van der Waals surface area (Å²) in [4.78, 5) is 9.42. The minimum atomic E-state index is -1.27. The number of hydrogen-bond acceptors (Lipinski definition) is 7. The molecule has 0 saturated carbocycles. The normalized spacial score (nSPS) is 33.7. The van der Waals surface area contributed by atoms with Gasteiger partial charge in [0.25, 0.3) is 0 Å². The van der Waals surface area contributed by atoms with Crippen LogP contribution in [-0.2, 0) is 18.9 Å². The van der Waals surface area contributed by atoms with Gasteiger partial charge < -0.3 is 24.1 Å². The molecule has 2 rings (SSSR count). The van der Waals surface area contributed by atoms with Gasteiger partial charge in [0.2, 0.25) is 17.3 Å². The van der Waals surface area contributed by atoms with E-state index in [1.54, 1.807) is 14.0 Å². The van der Waals surface area contributed by atoms with Gasteiger partial charge in [0.1, 0.15) is 6.04 Å². The summed E-state index contributed by atoms with van der Waals surface area (Å²) in [7, 11) is 3.08. The Bertz CT molecular complexity index is 545. The van der Waals surface area contributed by atoms with Crippen molar-refractivity contribution in [1.29, 1.82) is 0 Å². The lowest BCUT2D eigenvalue weighted by molar-refractivity contribution is -0.394. The predicted molar refractivity (Wildman–Crippen MR) is 104 cm³/mol. The van der Waals surface area contributed by atoms with Crippen LogP contribution < -0.4 is 0 Å². The standard InChI is InChI=1S/C17H27IN2O5/c1-10(2)13-14(22-4)20-17(15(19-13)23-5,16-24-11(3)25-16)12(21)8-6-7-9-18/h7,9-13,16,21H,6,8H2,1-5H3/b9-7+/t11?,12?,13-,16?,17?/m1/s1. The third-order valence-corrected chi connectivity index (χ3v) is 4.88. The number of methoxy groups -OCH3 is 2. The summed E-state index contributed by atoms with van der Waals surface area (Å²) in [5, 5.41) is 11.0. The van der Waals surface area contributed by atoms with Crippen molar-refractivity contribution in [2.24, 2.45) is 15.9 Å². The Balaban J connectivity index is 2.44. The Hall–Kier alpha value is -0.710. The first-order chi connectivity index (χ1) is 11.9. The number of nitrogens with zero attached hydrogens (tertiary/aromatic N) is 2. The molecule has 0 amide bonds. The van der Waals surface area contributed by atoms with Crippen LogP contribution in [0.2, 0.25) is 0 Å². The molecule has 0 aliphatic carbocycles. The number of ether oxygens (including phenoxy) is 4. The van der Waals surface area contributed by atoms with Crippen molar-refractivity contribution in [2.45, 2.75) is 63.9 Å². The maximum Gasteiger partial charge on any atom is 0.220 e. The van der Waals surface area contributed by atoms with Crippen LogP contribution in [0.4, 0.5) is 0 Å². The summed E-state index contributed by atoms with van der Waals surface area (Å²) in [6.45, 7) is 5.85. The number of aliphatic hydroxyl groups excluding tert-OH is 1. The Morgan fingerprint density at radius 2 is 2.00 bits per heavy atom. The van der Waals surface area contributed by atoms with Crippen LogP contribution in [0.15, 0.2) is 20.1 Å². The van der Waals surface area contributed by atoms with Crippen molar-refractivity contribution in [2.75, 3.05) is 14.2 Å². The second-order valence-electron chi connectivity index (χ2n) is 6.43. The van der Waals surface area contributed by atoms with Crippen molar-refractivity contribution in [3.8, 4) is 0 Å². The van der Waals surface area contributed by atoms with E-state index < -0.39 is 17.9 Å². The lowest BCUT2D eigenvalue weighted by Gasteiger charge is -2.48. The third kappa shape index (κ3) is 4.01. The highest BCUT2D eigenvalue weighted by molar-refractivity contribution is 14.1. The van der Waals surface area contributed by atoms with E-state index >= 15 is 0 Å². The Morgan fingerprint density at radius 1 is 1.32 bits per heavy atom. The second kappa shape index (κ2) is 8.79. The highest BCUT2D eigenvalue weighted by atomic mass is 127. The largest absolute Gasteiger partial charge is 0.483 e. The summed E-state index contributed by atoms with van der Waals surface area (Å²) >= 11 is 2.15. The maximum atomic E-state index is 11.0. The molecule has 2 aliphatic heterocycles. The highest BCUT2D eigenvalue weighted by Gasteiger charge is 2.59. The SMILES string of the molecule is COC1=NC(C(O)CC/C=C/I)(C2OC(C)O2)C(OC)=N[C@@H]1C(C)C. The molecular formula is C17H27IN2O5. The molecule has 1 N–H and O–H groups in total. The van der Waals surface area contributed by atoms with Crippen LogP contribution in [0.1, 0.15) is 33.6 Å². The van der Waals surface area contributed by atoms with Crippen molar-refractivity contribution < 1.29 is 24.1 Å². The van der Waals surface area contributed by atoms with Crippen LogP contribution in [0.5, 0.6) is 0 Å². The Labute approximate surface area is 162 Å². The first-order valence-corrected chi connectivity index (χ1v) is 9.65. The zero-order chi connectivity index (χ0) is 18.6. The molecule has 0 spiro atoms. The van der Waals surface area contributed by atoms with Gasteiger partial charge in [0.15, 0.2) is 12.6 Å². The predicted octanol–water partition coefficient (Wildman–Crippen LogP) is 2.66. The molecule has 7 nitrogen and oxygen atoms in total. The van der Waals surface area contributed by atoms with E-state index in [0.717, 1.165) is 0 Å². The quantitative estimate of drug-likeness (QED) is 0.609. The summed E-state index contributed by atoms with van der Waals surface area (Å²) in [6.07, 6.45) is 1.12. The average Bonchev–Trinajstić information content (AvgIpc) is 2.57. The molecule has 1 fully saturated rings. The number of hydrogen-bond donors (Lipinski definition) is 1. The molecular weight excluding hydrogens is 439 g/mol. The fourth-order valence-electron chi connectivity index (χ4n) is 3.03. The van der Waals surface area contributed by atoms with Crippen molar-refractivity contribution in [3.05, 3.63) is 10.2 Å². The molecule has 2 unspecified atom stereocenters. The van der Waals surface area contributed by atoms with Gasteiger partial charge in [0.05, 0.1) is 20.3 Å². The zero-order valence-corrected chi connectivity index (χ0v) is 17.5. The number of aliphatic hydroxyl groups is 1. The molecule has 0 aromatic heterocycles. The fraction of sp³-hybridized carbons (Fsp3) is 0.765. The van der Waals surface area contributed by atoms with Gasteiger partial charge in [-0.25, -0.2) is 9.98 Å². The molecule has 2 heterocycles.